The second-order valence-corrected chi connectivity index (χ2v) is 6.60. The van der Waals surface area contributed by atoms with Gasteiger partial charge < -0.3 is 10.1 Å². The summed E-state index contributed by atoms with van der Waals surface area (Å²) in [5.74, 6) is 0. The van der Waals surface area contributed by atoms with Crippen LogP contribution in [0, 0.1) is 0 Å². The Kier molecular flexibility index (Phi) is 4.01. The van der Waals surface area contributed by atoms with E-state index >= 15 is 0 Å². The summed E-state index contributed by atoms with van der Waals surface area (Å²) < 4.78 is 5.52. The van der Waals surface area contributed by atoms with Crippen molar-refractivity contribution in [3.63, 3.8) is 0 Å². The first-order chi connectivity index (χ1) is 10.9. The molecule has 7 heteroatoms. The Balaban J connectivity index is 1.48. The van der Waals surface area contributed by atoms with Crippen molar-refractivity contribution in [2.75, 3.05) is 25.1 Å². The number of hydrogen-bond donors (Lipinski definition) is 1. The standard InChI is InChI=1S/C15H19N5OS/c1-3-20(13-2-4-21-9-13)8-12-6-16-5-11(14(1)12)7-17-15-19-18-10-22-15/h5-6,10,13H,1-4,7-9H2,(H,17,19). The van der Waals surface area contributed by atoms with Crippen molar-refractivity contribution in [3.05, 3.63) is 34.6 Å². The number of nitrogens with zero attached hydrogens (tertiary/aromatic N) is 4. The van der Waals surface area contributed by atoms with Gasteiger partial charge in [0.15, 0.2) is 0 Å². The van der Waals surface area contributed by atoms with Gasteiger partial charge >= 0.3 is 0 Å². The van der Waals surface area contributed by atoms with Gasteiger partial charge in [-0.2, -0.15) is 0 Å². The summed E-state index contributed by atoms with van der Waals surface area (Å²) in [5, 5.41) is 12.1. The van der Waals surface area contributed by atoms with Crippen LogP contribution >= 0.6 is 11.3 Å². The molecule has 2 aromatic heterocycles. The van der Waals surface area contributed by atoms with Crippen molar-refractivity contribution in [2.24, 2.45) is 0 Å². The molecule has 22 heavy (non-hydrogen) atoms. The third-order valence-corrected chi connectivity index (χ3v) is 5.12. The normalized spacial score (nSPS) is 21.7. The molecule has 0 spiro atoms. The van der Waals surface area contributed by atoms with Crippen LogP contribution in [0.5, 0.6) is 0 Å². The summed E-state index contributed by atoms with van der Waals surface area (Å²) in [6.07, 6.45) is 6.23. The van der Waals surface area contributed by atoms with Crippen LogP contribution in [0.4, 0.5) is 5.13 Å². The zero-order chi connectivity index (χ0) is 14.8. The van der Waals surface area contributed by atoms with Gasteiger partial charge in [0, 0.05) is 44.7 Å². The Hall–Kier alpha value is -1.57. The number of anilines is 1. The Morgan fingerprint density at radius 2 is 2.41 bits per heavy atom. The first-order valence-corrected chi connectivity index (χ1v) is 8.54. The fourth-order valence-electron chi connectivity index (χ4n) is 3.28. The maximum atomic E-state index is 5.52. The lowest BCUT2D eigenvalue weighted by atomic mass is 9.96. The summed E-state index contributed by atoms with van der Waals surface area (Å²) in [7, 11) is 0. The van der Waals surface area contributed by atoms with E-state index < -0.39 is 0 Å². The zero-order valence-corrected chi connectivity index (χ0v) is 13.2. The van der Waals surface area contributed by atoms with Gasteiger partial charge in [-0.1, -0.05) is 11.3 Å². The predicted molar refractivity (Wildman–Crippen MR) is 84.8 cm³/mol. The molecule has 1 atom stereocenters. The van der Waals surface area contributed by atoms with Gasteiger partial charge in [0.25, 0.3) is 0 Å². The van der Waals surface area contributed by atoms with Gasteiger partial charge in [-0.25, -0.2) is 0 Å². The average Bonchev–Trinajstić information content (AvgIpc) is 3.25. The third kappa shape index (κ3) is 2.84. The first kappa shape index (κ1) is 14.0. The Labute approximate surface area is 133 Å². The van der Waals surface area contributed by atoms with Crippen LogP contribution in [0.25, 0.3) is 0 Å². The molecule has 4 rings (SSSR count). The molecule has 2 aliphatic rings. The van der Waals surface area contributed by atoms with Crippen LogP contribution < -0.4 is 5.32 Å². The molecule has 4 heterocycles. The van der Waals surface area contributed by atoms with Gasteiger partial charge in [-0.05, 0) is 29.5 Å². The van der Waals surface area contributed by atoms with Gasteiger partial charge in [0.05, 0.1) is 6.61 Å². The average molecular weight is 317 g/mol. The molecule has 1 unspecified atom stereocenters. The molecule has 1 fully saturated rings. The highest BCUT2D eigenvalue weighted by atomic mass is 32.1. The van der Waals surface area contributed by atoms with Crippen molar-refractivity contribution >= 4 is 16.5 Å². The molecular weight excluding hydrogens is 298 g/mol. The fraction of sp³-hybridized carbons (Fsp3) is 0.533. The number of hydrogen-bond acceptors (Lipinski definition) is 7. The number of rotatable bonds is 4. The van der Waals surface area contributed by atoms with E-state index in [4.69, 9.17) is 4.74 Å². The minimum Gasteiger partial charge on any atom is -0.380 e. The third-order valence-electron chi connectivity index (χ3n) is 4.47. The van der Waals surface area contributed by atoms with E-state index in [0.717, 1.165) is 50.8 Å². The lowest BCUT2D eigenvalue weighted by Gasteiger charge is -2.33. The summed E-state index contributed by atoms with van der Waals surface area (Å²) in [4.78, 5) is 6.97. The van der Waals surface area contributed by atoms with Crippen LogP contribution in [0.15, 0.2) is 17.9 Å². The smallest absolute Gasteiger partial charge is 0.205 e. The molecule has 1 N–H and O–H groups in total. The van der Waals surface area contributed by atoms with E-state index in [0.29, 0.717) is 6.04 Å². The molecule has 0 bridgehead atoms. The van der Waals surface area contributed by atoms with E-state index in [9.17, 15) is 0 Å². The lowest BCUT2D eigenvalue weighted by molar-refractivity contribution is 0.134. The van der Waals surface area contributed by atoms with Crippen LogP contribution in [0.3, 0.4) is 0 Å². The summed E-state index contributed by atoms with van der Waals surface area (Å²) in [6, 6.07) is 0.580. The minimum atomic E-state index is 0.580. The Morgan fingerprint density at radius 3 is 3.23 bits per heavy atom. The van der Waals surface area contributed by atoms with Gasteiger partial charge in [0.1, 0.15) is 5.51 Å². The molecule has 2 aromatic rings. The van der Waals surface area contributed by atoms with Crippen molar-refractivity contribution in [2.45, 2.75) is 32.0 Å². The van der Waals surface area contributed by atoms with E-state index in [1.807, 2.05) is 12.4 Å². The van der Waals surface area contributed by atoms with Crippen molar-refractivity contribution in [1.82, 2.24) is 20.1 Å². The highest BCUT2D eigenvalue weighted by Gasteiger charge is 2.27. The molecule has 6 nitrogen and oxygen atoms in total. The molecule has 1 saturated heterocycles. The van der Waals surface area contributed by atoms with E-state index in [1.54, 1.807) is 5.51 Å². The van der Waals surface area contributed by atoms with Crippen LogP contribution in [0.1, 0.15) is 23.1 Å². The monoisotopic (exact) mass is 317 g/mol. The number of nitrogens with one attached hydrogen (secondary N) is 1. The van der Waals surface area contributed by atoms with Gasteiger partial charge in [0.2, 0.25) is 5.13 Å². The van der Waals surface area contributed by atoms with E-state index in [2.05, 4.69) is 25.4 Å². The number of aromatic nitrogens is 3. The molecule has 0 amide bonds. The minimum absolute atomic E-state index is 0.580. The lowest BCUT2D eigenvalue weighted by Crippen LogP contribution is -2.40. The van der Waals surface area contributed by atoms with Gasteiger partial charge in [-0.3, -0.25) is 9.88 Å². The first-order valence-electron chi connectivity index (χ1n) is 7.66. The van der Waals surface area contributed by atoms with E-state index in [-0.39, 0.29) is 0 Å². The summed E-state index contributed by atoms with van der Waals surface area (Å²) >= 11 is 1.52. The van der Waals surface area contributed by atoms with Gasteiger partial charge in [-0.15, -0.1) is 10.2 Å². The highest BCUT2D eigenvalue weighted by molar-refractivity contribution is 7.13. The molecule has 116 valence electrons. The maximum absolute atomic E-state index is 5.52. The topological polar surface area (TPSA) is 63.2 Å². The fourth-order valence-corrected chi connectivity index (χ4v) is 3.73. The van der Waals surface area contributed by atoms with Crippen molar-refractivity contribution in [1.29, 1.82) is 0 Å². The molecule has 2 aliphatic heterocycles. The van der Waals surface area contributed by atoms with Crippen LogP contribution in [-0.2, 0) is 24.2 Å². The Morgan fingerprint density at radius 1 is 1.41 bits per heavy atom. The summed E-state index contributed by atoms with van der Waals surface area (Å²) in [5.41, 5.74) is 5.81. The van der Waals surface area contributed by atoms with Crippen LogP contribution in [-0.4, -0.2) is 45.9 Å². The number of fused-ring (bicyclic) bond motifs is 1. The van der Waals surface area contributed by atoms with Crippen molar-refractivity contribution < 1.29 is 4.74 Å². The molecular formula is C15H19N5OS. The number of ether oxygens (including phenoxy) is 1. The van der Waals surface area contributed by atoms with Crippen molar-refractivity contribution in [3.8, 4) is 0 Å². The molecule has 0 saturated carbocycles. The van der Waals surface area contributed by atoms with Crippen LogP contribution in [0.2, 0.25) is 0 Å². The predicted octanol–water partition coefficient (Wildman–Crippen LogP) is 1.69. The molecule has 0 aromatic carbocycles. The highest BCUT2D eigenvalue weighted by Crippen LogP contribution is 2.26. The zero-order valence-electron chi connectivity index (χ0n) is 12.4. The molecule has 0 aliphatic carbocycles. The molecule has 0 radical (unpaired) electrons. The Bertz CT molecular complexity index is 627. The second-order valence-electron chi connectivity index (χ2n) is 5.77. The second kappa shape index (κ2) is 6.28. The quantitative estimate of drug-likeness (QED) is 0.926. The summed E-state index contributed by atoms with van der Waals surface area (Å²) in [6.45, 7) is 4.64. The SMILES string of the molecule is c1nnc(NCc2cncc3c2CCN(C2CCOC2)C3)s1. The van der Waals surface area contributed by atoms with E-state index in [1.165, 1.54) is 28.0 Å². The largest absolute Gasteiger partial charge is 0.380 e. The number of pyridine rings is 1. The maximum Gasteiger partial charge on any atom is 0.205 e.